The molecule has 6 nitrogen and oxygen atoms in total. The number of morpholine rings is 1. The van der Waals surface area contributed by atoms with Gasteiger partial charge in [0, 0.05) is 30.7 Å². The first-order chi connectivity index (χ1) is 13.9. The van der Waals surface area contributed by atoms with Crippen LogP contribution < -0.4 is 5.32 Å². The summed E-state index contributed by atoms with van der Waals surface area (Å²) in [5.74, 6) is -1.19. The first kappa shape index (κ1) is 22.0. The van der Waals surface area contributed by atoms with Crippen LogP contribution in [0.1, 0.15) is 11.1 Å². The summed E-state index contributed by atoms with van der Waals surface area (Å²) >= 11 is 3.32. The fourth-order valence-electron chi connectivity index (χ4n) is 3.30. The minimum atomic E-state index is -3.54. The molecule has 3 rings (SSSR count). The van der Waals surface area contributed by atoms with Crippen LogP contribution in [0.2, 0.25) is 0 Å². The summed E-state index contributed by atoms with van der Waals surface area (Å²) in [6.45, 7) is 3.25. The van der Waals surface area contributed by atoms with E-state index in [2.05, 4.69) is 38.3 Å². The molecular formula is C21H25BrN2O4S. The molecule has 29 heavy (non-hydrogen) atoms. The van der Waals surface area contributed by atoms with Crippen molar-refractivity contribution in [2.45, 2.75) is 18.4 Å². The Morgan fingerprint density at radius 3 is 2.66 bits per heavy atom. The molecule has 1 N–H and O–H groups in total. The van der Waals surface area contributed by atoms with E-state index in [1.54, 1.807) is 18.2 Å². The molecule has 1 saturated heterocycles. The standard InChI is InChI=1S/C21H25BrN2O4S/c22-19-8-4-7-18(11-19)15-29(26,27)16-21(25)23-12-20-14-24(9-10-28-20)13-17-5-2-1-3-6-17/h1-8,11,20H,9-10,12-16H2,(H,23,25). The van der Waals surface area contributed by atoms with Gasteiger partial charge >= 0.3 is 0 Å². The molecule has 2 aromatic rings. The number of sulfone groups is 1. The zero-order chi connectivity index (χ0) is 20.7. The summed E-state index contributed by atoms with van der Waals surface area (Å²) in [7, 11) is -3.54. The Morgan fingerprint density at radius 1 is 1.14 bits per heavy atom. The second-order valence-corrected chi connectivity index (χ2v) is 10.2. The Morgan fingerprint density at radius 2 is 1.90 bits per heavy atom. The second-order valence-electron chi connectivity index (χ2n) is 7.18. The summed E-state index contributed by atoms with van der Waals surface area (Å²) in [4.78, 5) is 14.4. The van der Waals surface area contributed by atoms with Crippen molar-refractivity contribution in [1.29, 1.82) is 0 Å². The normalized spacial score (nSPS) is 17.8. The number of nitrogens with one attached hydrogen (secondary N) is 1. The molecule has 0 spiro atoms. The number of ether oxygens (including phenoxy) is 1. The molecular weight excluding hydrogens is 456 g/mol. The van der Waals surface area contributed by atoms with E-state index in [0.29, 0.717) is 25.3 Å². The van der Waals surface area contributed by atoms with Gasteiger partial charge in [0.05, 0.1) is 18.5 Å². The maximum atomic E-state index is 12.3. The van der Waals surface area contributed by atoms with Crippen molar-refractivity contribution in [1.82, 2.24) is 10.2 Å². The van der Waals surface area contributed by atoms with Crippen LogP contribution in [-0.2, 0) is 31.7 Å². The molecule has 1 unspecified atom stereocenters. The molecule has 1 amide bonds. The highest BCUT2D eigenvalue weighted by Gasteiger charge is 2.23. The lowest BCUT2D eigenvalue weighted by atomic mass is 10.2. The van der Waals surface area contributed by atoms with Crippen LogP contribution in [-0.4, -0.2) is 57.3 Å². The van der Waals surface area contributed by atoms with Crippen LogP contribution in [0.25, 0.3) is 0 Å². The predicted octanol–water partition coefficient (Wildman–Crippen LogP) is 2.38. The third kappa shape index (κ3) is 7.54. The van der Waals surface area contributed by atoms with Crippen molar-refractivity contribution in [3.63, 3.8) is 0 Å². The Bertz CT molecular complexity index is 921. The van der Waals surface area contributed by atoms with Crippen LogP contribution in [0, 0.1) is 0 Å². The first-order valence-corrected chi connectivity index (χ1v) is 12.1. The molecule has 1 aliphatic rings. The molecule has 0 bridgehead atoms. The van der Waals surface area contributed by atoms with Gasteiger partial charge in [0.25, 0.3) is 0 Å². The summed E-state index contributed by atoms with van der Waals surface area (Å²) < 4.78 is 31.2. The number of rotatable bonds is 8. The van der Waals surface area contributed by atoms with Crippen LogP contribution in [0.15, 0.2) is 59.1 Å². The van der Waals surface area contributed by atoms with Crippen molar-refractivity contribution < 1.29 is 17.9 Å². The van der Waals surface area contributed by atoms with Gasteiger partial charge in [-0.3, -0.25) is 9.69 Å². The van der Waals surface area contributed by atoms with Crippen molar-refractivity contribution in [2.75, 3.05) is 32.0 Å². The van der Waals surface area contributed by atoms with Gasteiger partial charge in [-0.1, -0.05) is 58.4 Å². The van der Waals surface area contributed by atoms with E-state index in [1.807, 2.05) is 24.3 Å². The van der Waals surface area contributed by atoms with Crippen LogP contribution >= 0.6 is 15.9 Å². The van der Waals surface area contributed by atoms with E-state index < -0.39 is 21.5 Å². The number of carbonyl (C=O) groups excluding carboxylic acids is 1. The molecule has 1 fully saturated rings. The SMILES string of the molecule is O=C(CS(=O)(=O)Cc1cccc(Br)c1)NCC1CN(Cc2ccccc2)CCO1. The summed E-state index contributed by atoms with van der Waals surface area (Å²) in [6, 6.07) is 17.3. The molecule has 0 radical (unpaired) electrons. The van der Waals surface area contributed by atoms with E-state index >= 15 is 0 Å². The molecule has 1 aliphatic heterocycles. The first-order valence-electron chi connectivity index (χ1n) is 9.49. The lowest BCUT2D eigenvalue weighted by molar-refractivity contribution is -0.119. The Kier molecular flexibility index (Phi) is 7.83. The molecule has 0 aliphatic carbocycles. The van der Waals surface area contributed by atoms with Crippen molar-refractivity contribution in [2.24, 2.45) is 0 Å². The monoisotopic (exact) mass is 480 g/mol. The van der Waals surface area contributed by atoms with Gasteiger partial charge in [-0.05, 0) is 23.3 Å². The minimum absolute atomic E-state index is 0.149. The molecule has 0 saturated carbocycles. The largest absolute Gasteiger partial charge is 0.374 e. The lowest BCUT2D eigenvalue weighted by Gasteiger charge is -2.33. The summed E-state index contributed by atoms with van der Waals surface area (Å²) in [6.07, 6.45) is -0.149. The predicted molar refractivity (Wildman–Crippen MR) is 116 cm³/mol. The number of halogens is 1. The Labute approximate surface area is 180 Å². The van der Waals surface area contributed by atoms with E-state index in [0.717, 1.165) is 17.6 Å². The Hall–Kier alpha value is -1.74. The van der Waals surface area contributed by atoms with Crippen molar-refractivity contribution in [3.8, 4) is 0 Å². The number of carbonyl (C=O) groups is 1. The third-order valence-corrected chi connectivity index (χ3v) is 6.59. The minimum Gasteiger partial charge on any atom is -0.374 e. The van der Waals surface area contributed by atoms with E-state index in [9.17, 15) is 13.2 Å². The van der Waals surface area contributed by atoms with Crippen molar-refractivity contribution in [3.05, 3.63) is 70.2 Å². The smallest absolute Gasteiger partial charge is 0.235 e. The van der Waals surface area contributed by atoms with Gasteiger partial charge in [0.15, 0.2) is 9.84 Å². The Balaban J connectivity index is 1.44. The fraction of sp³-hybridized carbons (Fsp3) is 0.381. The summed E-state index contributed by atoms with van der Waals surface area (Å²) in [5.41, 5.74) is 1.88. The highest BCUT2D eigenvalue weighted by atomic mass is 79.9. The number of benzene rings is 2. The van der Waals surface area contributed by atoms with E-state index in [4.69, 9.17) is 4.74 Å². The molecule has 1 heterocycles. The lowest BCUT2D eigenvalue weighted by Crippen LogP contribution is -2.47. The van der Waals surface area contributed by atoms with Gasteiger partial charge in [0.2, 0.25) is 5.91 Å². The van der Waals surface area contributed by atoms with E-state index in [-0.39, 0.29) is 11.9 Å². The number of hydrogen-bond donors (Lipinski definition) is 1. The van der Waals surface area contributed by atoms with Crippen LogP contribution in [0.4, 0.5) is 0 Å². The molecule has 156 valence electrons. The number of hydrogen-bond acceptors (Lipinski definition) is 5. The van der Waals surface area contributed by atoms with Gasteiger partial charge in [-0.25, -0.2) is 8.42 Å². The highest BCUT2D eigenvalue weighted by Crippen LogP contribution is 2.14. The van der Waals surface area contributed by atoms with Crippen LogP contribution in [0.3, 0.4) is 0 Å². The number of nitrogens with zero attached hydrogens (tertiary/aromatic N) is 1. The van der Waals surface area contributed by atoms with Gasteiger partial charge in [-0.2, -0.15) is 0 Å². The third-order valence-electron chi connectivity index (χ3n) is 4.63. The zero-order valence-corrected chi connectivity index (χ0v) is 18.5. The van der Waals surface area contributed by atoms with Gasteiger partial charge < -0.3 is 10.1 Å². The molecule has 0 aromatic heterocycles. The average molecular weight is 481 g/mol. The average Bonchev–Trinajstić information content (AvgIpc) is 2.67. The maximum Gasteiger partial charge on any atom is 0.235 e. The van der Waals surface area contributed by atoms with Crippen LogP contribution in [0.5, 0.6) is 0 Å². The number of amides is 1. The zero-order valence-electron chi connectivity index (χ0n) is 16.1. The van der Waals surface area contributed by atoms with Gasteiger partial charge in [-0.15, -0.1) is 0 Å². The molecule has 1 atom stereocenters. The maximum absolute atomic E-state index is 12.3. The second kappa shape index (κ2) is 10.3. The van der Waals surface area contributed by atoms with Gasteiger partial charge in [0.1, 0.15) is 5.75 Å². The summed E-state index contributed by atoms with van der Waals surface area (Å²) in [5, 5.41) is 2.71. The topological polar surface area (TPSA) is 75.7 Å². The molecule has 8 heteroatoms. The molecule has 2 aromatic carbocycles. The quantitative estimate of drug-likeness (QED) is 0.627. The highest BCUT2D eigenvalue weighted by molar-refractivity contribution is 9.10. The fourth-order valence-corrected chi connectivity index (χ4v) is 5.04. The van der Waals surface area contributed by atoms with Crippen molar-refractivity contribution >= 4 is 31.7 Å². The van der Waals surface area contributed by atoms with E-state index in [1.165, 1.54) is 5.56 Å².